The quantitative estimate of drug-likeness (QED) is 0.473. The van der Waals surface area contributed by atoms with Gasteiger partial charge in [0.05, 0.1) is 24.7 Å². The molecule has 2 aromatic carbocycles. The van der Waals surface area contributed by atoms with E-state index in [2.05, 4.69) is 10.6 Å². The number of carbonyl (C=O) groups excluding carboxylic acids is 3. The molecule has 7 nitrogen and oxygen atoms in total. The summed E-state index contributed by atoms with van der Waals surface area (Å²) in [6.45, 7) is 3.48. The summed E-state index contributed by atoms with van der Waals surface area (Å²) >= 11 is 7.12. The molecule has 2 amide bonds. The average Bonchev–Trinajstić information content (AvgIpc) is 3.11. The second kappa shape index (κ2) is 9.84. The molecule has 9 heteroatoms. The first-order valence-corrected chi connectivity index (χ1v) is 10.7. The van der Waals surface area contributed by atoms with Crippen molar-refractivity contribution >= 4 is 51.4 Å². The van der Waals surface area contributed by atoms with Gasteiger partial charge in [-0.1, -0.05) is 23.7 Å². The molecule has 0 fully saturated rings. The van der Waals surface area contributed by atoms with Gasteiger partial charge in [-0.15, -0.1) is 11.3 Å². The number of thiophene rings is 1. The number of hydrogen-bond donors (Lipinski definition) is 2. The predicted molar refractivity (Wildman–Crippen MR) is 125 cm³/mol. The summed E-state index contributed by atoms with van der Waals surface area (Å²) in [7, 11) is 2.74. The van der Waals surface area contributed by atoms with Crippen molar-refractivity contribution < 1.29 is 23.9 Å². The maximum absolute atomic E-state index is 12.9. The van der Waals surface area contributed by atoms with Crippen LogP contribution in [0.2, 0.25) is 5.02 Å². The smallest absolute Gasteiger partial charge is 0.341 e. The molecule has 0 aliphatic heterocycles. The van der Waals surface area contributed by atoms with Crippen LogP contribution in [0.25, 0.3) is 0 Å². The van der Waals surface area contributed by atoms with E-state index >= 15 is 0 Å². The van der Waals surface area contributed by atoms with Crippen molar-refractivity contribution in [1.82, 2.24) is 0 Å². The Labute approximate surface area is 194 Å². The zero-order chi connectivity index (χ0) is 23.4. The number of ether oxygens (including phenoxy) is 2. The van der Waals surface area contributed by atoms with Gasteiger partial charge in [0.15, 0.2) is 0 Å². The summed E-state index contributed by atoms with van der Waals surface area (Å²) in [5.41, 5.74) is 2.26. The third-order valence-corrected chi connectivity index (χ3v) is 6.34. The number of benzene rings is 2. The summed E-state index contributed by atoms with van der Waals surface area (Å²) in [6.07, 6.45) is 0. The lowest BCUT2D eigenvalue weighted by Gasteiger charge is -2.07. The second-order valence-corrected chi connectivity index (χ2v) is 8.28. The number of amides is 2. The molecule has 1 heterocycles. The van der Waals surface area contributed by atoms with Gasteiger partial charge in [0, 0.05) is 16.3 Å². The van der Waals surface area contributed by atoms with E-state index in [-0.39, 0.29) is 15.4 Å². The minimum atomic E-state index is -0.655. The van der Waals surface area contributed by atoms with Crippen LogP contribution in [0, 0.1) is 13.8 Å². The SMILES string of the molecule is COC(=O)c1c(NC(=O)c2cccc(OC)c2)sc(C(=O)Nc2ccc(C)c(Cl)c2)c1C. The standard InChI is InChI=1S/C23H21ClN2O5S/c1-12-8-9-15(11-17(12)24)25-21(28)19-13(2)18(23(29)31-4)22(32-19)26-20(27)14-6-5-7-16(10-14)30-3/h5-11H,1-4H3,(H,25,28)(H,26,27). The molecular formula is C23H21ClN2O5S. The fourth-order valence-electron chi connectivity index (χ4n) is 2.96. The van der Waals surface area contributed by atoms with Gasteiger partial charge in [-0.2, -0.15) is 0 Å². The fourth-order valence-corrected chi connectivity index (χ4v) is 4.23. The minimum Gasteiger partial charge on any atom is -0.497 e. The molecule has 0 bridgehead atoms. The molecular weight excluding hydrogens is 452 g/mol. The Balaban J connectivity index is 1.93. The Morgan fingerprint density at radius 2 is 1.72 bits per heavy atom. The Bertz CT molecular complexity index is 1210. The first-order valence-electron chi connectivity index (χ1n) is 9.49. The number of carbonyl (C=O) groups is 3. The monoisotopic (exact) mass is 472 g/mol. The lowest BCUT2D eigenvalue weighted by Crippen LogP contribution is -2.14. The van der Waals surface area contributed by atoms with Gasteiger partial charge >= 0.3 is 5.97 Å². The van der Waals surface area contributed by atoms with Crippen molar-refractivity contribution in [2.45, 2.75) is 13.8 Å². The number of esters is 1. The molecule has 166 valence electrons. The largest absolute Gasteiger partial charge is 0.497 e. The van der Waals surface area contributed by atoms with Gasteiger partial charge < -0.3 is 20.1 Å². The van der Waals surface area contributed by atoms with Crippen molar-refractivity contribution in [3.05, 3.63) is 74.6 Å². The molecule has 3 aromatic rings. The van der Waals surface area contributed by atoms with Crippen LogP contribution in [0.3, 0.4) is 0 Å². The summed E-state index contributed by atoms with van der Waals surface area (Å²) in [5.74, 6) is -1.02. The van der Waals surface area contributed by atoms with Crippen LogP contribution in [0.15, 0.2) is 42.5 Å². The summed E-state index contributed by atoms with van der Waals surface area (Å²) < 4.78 is 10.0. The number of nitrogens with one attached hydrogen (secondary N) is 2. The molecule has 32 heavy (non-hydrogen) atoms. The number of hydrogen-bond acceptors (Lipinski definition) is 6. The summed E-state index contributed by atoms with van der Waals surface area (Å²) in [4.78, 5) is 38.4. The molecule has 0 radical (unpaired) electrons. The van der Waals surface area contributed by atoms with Gasteiger partial charge in [-0.25, -0.2) is 4.79 Å². The third-order valence-electron chi connectivity index (χ3n) is 4.73. The van der Waals surface area contributed by atoms with Gasteiger partial charge in [-0.05, 0) is 55.3 Å². The Morgan fingerprint density at radius 3 is 2.38 bits per heavy atom. The Morgan fingerprint density at radius 1 is 0.969 bits per heavy atom. The Kier molecular flexibility index (Phi) is 7.17. The first-order chi connectivity index (χ1) is 15.2. The van der Waals surface area contributed by atoms with Gasteiger partial charge in [0.1, 0.15) is 10.8 Å². The molecule has 0 saturated carbocycles. The lowest BCUT2D eigenvalue weighted by molar-refractivity contribution is 0.0601. The van der Waals surface area contributed by atoms with Crippen LogP contribution < -0.4 is 15.4 Å². The van der Waals surface area contributed by atoms with E-state index in [4.69, 9.17) is 21.1 Å². The molecule has 0 unspecified atom stereocenters. The minimum absolute atomic E-state index is 0.126. The Hall–Kier alpha value is -3.36. The van der Waals surface area contributed by atoms with Crippen LogP contribution >= 0.6 is 22.9 Å². The molecule has 0 atom stereocenters. The third kappa shape index (κ3) is 4.92. The highest BCUT2D eigenvalue weighted by Crippen LogP contribution is 2.35. The van der Waals surface area contributed by atoms with Crippen LogP contribution in [0.1, 0.15) is 41.5 Å². The van der Waals surface area contributed by atoms with Crippen molar-refractivity contribution in [3.8, 4) is 5.75 Å². The van der Waals surface area contributed by atoms with E-state index in [0.717, 1.165) is 16.9 Å². The highest BCUT2D eigenvalue weighted by Gasteiger charge is 2.26. The second-order valence-electron chi connectivity index (χ2n) is 6.86. The zero-order valence-electron chi connectivity index (χ0n) is 17.9. The molecule has 1 aromatic heterocycles. The molecule has 0 aliphatic carbocycles. The van der Waals surface area contributed by atoms with E-state index in [0.29, 0.717) is 27.6 Å². The number of aryl methyl sites for hydroxylation is 1. The molecule has 0 aliphatic rings. The van der Waals surface area contributed by atoms with Crippen LogP contribution in [-0.2, 0) is 4.74 Å². The number of rotatable bonds is 6. The van der Waals surface area contributed by atoms with Crippen molar-refractivity contribution in [2.24, 2.45) is 0 Å². The summed E-state index contributed by atoms with van der Waals surface area (Å²) in [6, 6.07) is 11.7. The summed E-state index contributed by atoms with van der Waals surface area (Å²) in [5, 5.41) is 6.22. The van der Waals surface area contributed by atoms with Crippen LogP contribution in [0.4, 0.5) is 10.7 Å². The molecule has 3 rings (SSSR count). The van der Waals surface area contributed by atoms with Gasteiger partial charge in [0.2, 0.25) is 0 Å². The normalized spacial score (nSPS) is 10.4. The topological polar surface area (TPSA) is 93.7 Å². The van der Waals surface area contributed by atoms with E-state index < -0.39 is 17.8 Å². The average molecular weight is 473 g/mol. The molecule has 0 saturated heterocycles. The molecule has 0 spiro atoms. The highest BCUT2D eigenvalue weighted by atomic mass is 35.5. The van der Waals surface area contributed by atoms with Crippen molar-refractivity contribution in [2.75, 3.05) is 24.9 Å². The maximum atomic E-state index is 12.9. The van der Waals surface area contributed by atoms with Crippen LogP contribution in [0.5, 0.6) is 5.75 Å². The maximum Gasteiger partial charge on any atom is 0.341 e. The van der Waals surface area contributed by atoms with Crippen LogP contribution in [-0.4, -0.2) is 32.0 Å². The highest BCUT2D eigenvalue weighted by molar-refractivity contribution is 7.19. The predicted octanol–water partition coefficient (Wildman–Crippen LogP) is 5.32. The van der Waals surface area contributed by atoms with E-state index in [1.807, 2.05) is 6.92 Å². The van der Waals surface area contributed by atoms with E-state index in [1.54, 1.807) is 49.4 Å². The van der Waals surface area contributed by atoms with E-state index in [9.17, 15) is 14.4 Å². The fraction of sp³-hybridized carbons (Fsp3) is 0.174. The molecule has 2 N–H and O–H groups in total. The first kappa shape index (κ1) is 23.3. The van der Waals surface area contributed by atoms with Gasteiger partial charge in [0.25, 0.3) is 11.8 Å². The van der Waals surface area contributed by atoms with Crippen molar-refractivity contribution in [1.29, 1.82) is 0 Å². The zero-order valence-corrected chi connectivity index (χ0v) is 19.4. The lowest BCUT2D eigenvalue weighted by atomic mass is 10.1. The van der Waals surface area contributed by atoms with Crippen molar-refractivity contribution in [3.63, 3.8) is 0 Å². The number of methoxy groups -OCH3 is 2. The number of halogens is 1. The van der Waals surface area contributed by atoms with Gasteiger partial charge in [-0.3, -0.25) is 9.59 Å². The van der Waals surface area contributed by atoms with E-state index in [1.165, 1.54) is 14.2 Å². The number of anilines is 2.